The second kappa shape index (κ2) is 5.54. The fourth-order valence-corrected chi connectivity index (χ4v) is 2.67. The van der Waals surface area contributed by atoms with E-state index in [9.17, 15) is 0 Å². The molecule has 0 fully saturated rings. The molecule has 2 heteroatoms. The van der Waals surface area contributed by atoms with Crippen LogP contribution in [0.15, 0.2) is 60.8 Å². The highest BCUT2D eigenvalue weighted by molar-refractivity contribution is 5.79. The van der Waals surface area contributed by atoms with Crippen LogP contribution in [0, 0.1) is 0 Å². The molecule has 0 spiro atoms. The summed E-state index contributed by atoms with van der Waals surface area (Å²) in [7, 11) is 0. The molecule has 1 atom stereocenters. The molecule has 0 aliphatic heterocycles. The molecule has 0 aliphatic carbocycles. The summed E-state index contributed by atoms with van der Waals surface area (Å²) in [6.45, 7) is 6.66. The molecule has 0 bridgehead atoms. The number of hydrogen-bond acceptors (Lipinski definition) is 2. The monoisotopic (exact) mass is 290 g/mol. The molecule has 2 nitrogen and oxygen atoms in total. The van der Waals surface area contributed by atoms with Crippen LogP contribution in [-0.2, 0) is 5.41 Å². The lowest BCUT2D eigenvalue weighted by molar-refractivity contribution is 0.589. The predicted octanol–water partition coefficient (Wildman–Crippen LogP) is 4.58. The van der Waals surface area contributed by atoms with Gasteiger partial charge in [-0.2, -0.15) is 0 Å². The molecule has 2 N–H and O–H groups in total. The zero-order chi connectivity index (χ0) is 15.7. The van der Waals surface area contributed by atoms with Crippen molar-refractivity contribution in [3.8, 4) is 0 Å². The molecule has 0 aliphatic rings. The van der Waals surface area contributed by atoms with Gasteiger partial charge in [0.2, 0.25) is 0 Å². The van der Waals surface area contributed by atoms with Crippen LogP contribution in [0.2, 0.25) is 0 Å². The third kappa shape index (κ3) is 2.88. The molecule has 1 aromatic heterocycles. The van der Waals surface area contributed by atoms with Crippen LogP contribution < -0.4 is 5.73 Å². The van der Waals surface area contributed by atoms with Gasteiger partial charge in [-0.05, 0) is 40.3 Å². The average Bonchev–Trinajstić information content (AvgIpc) is 2.53. The maximum Gasteiger partial charge on any atom is 0.0702 e. The molecule has 1 heterocycles. The zero-order valence-corrected chi connectivity index (χ0v) is 13.4. The molecule has 3 rings (SSSR count). The van der Waals surface area contributed by atoms with Crippen molar-refractivity contribution in [2.24, 2.45) is 5.73 Å². The Hall–Kier alpha value is -2.19. The number of nitrogens with two attached hydrogens (primary N) is 1. The van der Waals surface area contributed by atoms with Gasteiger partial charge < -0.3 is 5.73 Å². The van der Waals surface area contributed by atoms with Crippen LogP contribution in [0.3, 0.4) is 0 Å². The lowest BCUT2D eigenvalue weighted by Crippen LogP contribution is -2.14. The first-order chi connectivity index (χ1) is 10.4. The van der Waals surface area contributed by atoms with Gasteiger partial charge in [0, 0.05) is 11.6 Å². The maximum atomic E-state index is 6.45. The number of nitrogens with zero attached hydrogens (tertiary/aromatic N) is 1. The minimum atomic E-state index is -0.112. The summed E-state index contributed by atoms with van der Waals surface area (Å²) in [4.78, 5) is 4.35. The van der Waals surface area contributed by atoms with Gasteiger partial charge >= 0.3 is 0 Å². The van der Waals surface area contributed by atoms with Crippen LogP contribution >= 0.6 is 0 Å². The quantitative estimate of drug-likeness (QED) is 0.750. The Morgan fingerprint density at radius 1 is 0.909 bits per heavy atom. The molecule has 0 saturated carbocycles. The Morgan fingerprint density at radius 3 is 2.27 bits per heavy atom. The van der Waals surface area contributed by atoms with Gasteiger partial charge in [-0.25, -0.2) is 0 Å². The summed E-state index contributed by atoms with van der Waals surface area (Å²) in [5, 5.41) is 1.13. The van der Waals surface area contributed by atoms with Crippen LogP contribution in [0.5, 0.6) is 0 Å². The lowest BCUT2D eigenvalue weighted by atomic mass is 9.86. The molecular weight excluding hydrogens is 268 g/mol. The van der Waals surface area contributed by atoms with E-state index < -0.39 is 0 Å². The van der Waals surface area contributed by atoms with Crippen LogP contribution in [0.25, 0.3) is 10.9 Å². The van der Waals surface area contributed by atoms with E-state index in [2.05, 4.69) is 68.2 Å². The summed E-state index contributed by atoms with van der Waals surface area (Å²) >= 11 is 0. The Kier molecular flexibility index (Phi) is 3.71. The predicted molar refractivity (Wildman–Crippen MR) is 92.9 cm³/mol. The molecule has 112 valence electrons. The van der Waals surface area contributed by atoms with Crippen molar-refractivity contribution >= 4 is 10.9 Å². The lowest BCUT2D eigenvalue weighted by Gasteiger charge is -2.20. The standard InChI is InChI=1S/C20H22N2/c1-20(2,3)17-9-6-14(7-10-17)19(21)16-8-11-18-15(13-16)5-4-12-22-18/h4-13,19H,21H2,1-3H3. The van der Waals surface area contributed by atoms with Gasteiger partial charge in [0.1, 0.15) is 0 Å². The highest BCUT2D eigenvalue weighted by Gasteiger charge is 2.15. The van der Waals surface area contributed by atoms with Crippen molar-refractivity contribution in [3.05, 3.63) is 77.5 Å². The van der Waals surface area contributed by atoms with E-state index in [1.165, 1.54) is 5.56 Å². The number of benzene rings is 2. The Bertz CT molecular complexity index is 783. The third-order valence-electron chi connectivity index (χ3n) is 4.12. The summed E-state index contributed by atoms with van der Waals surface area (Å²) in [5.74, 6) is 0. The van der Waals surface area contributed by atoms with Gasteiger partial charge in [0.15, 0.2) is 0 Å². The van der Waals surface area contributed by atoms with E-state index >= 15 is 0 Å². The van der Waals surface area contributed by atoms with Gasteiger partial charge in [-0.3, -0.25) is 4.98 Å². The first-order valence-corrected chi connectivity index (χ1v) is 7.66. The van der Waals surface area contributed by atoms with Gasteiger partial charge in [0.25, 0.3) is 0 Å². The normalized spacial score (nSPS) is 13.3. The Balaban J connectivity index is 1.93. The molecule has 3 aromatic rings. The first kappa shape index (κ1) is 14.7. The largest absolute Gasteiger partial charge is 0.320 e. The summed E-state index contributed by atoms with van der Waals surface area (Å²) in [6, 6.07) is 18.8. The van der Waals surface area contributed by atoms with Crippen molar-refractivity contribution in [1.29, 1.82) is 0 Å². The molecule has 2 aromatic carbocycles. The van der Waals surface area contributed by atoms with Gasteiger partial charge in [-0.15, -0.1) is 0 Å². The van der Waals surface area contributed by atoms with Crippen molar-refractivity contribution in [3.63, 3.8) is 0 Å². The molecule has 0 saturated heterocycles. The molecular formula is C20H22N2. The van der Waals surface area contributed by atoms with Crippen molar-refractivity contribution < 1.29 is 0 Å². The number of pyridine rings is 1. The first-order valence-electron chi connectivity index (χ1n) is 7.66. The molecule has 1 unspecified atom stereocenters. The SMILES string of the molecule is CC(C)(C)c1ccc(C(N)c2ccc3ncccc3c2)cc1. The number of aromatic nitrogens is 1. The van der Waals surface area contributed by atoms with E-state index in [0.717, 1.165) is 22.0 Å². The van der Waals surface area contributed by atoms with E-state index in [1.54, 1.807) is 0 Å². The highest BCUT2D eigenvalue weighted by Crippen LogP contribution is 2.26. The fourth-order valence-electron chi connectivity index (χ4n) is 2.67. The smallest absolute Gasteiger partial charge is 0.0702 e. The van der Waals surface area contributed by atoms with Crippen LogP contribution in [0.4, 0.5) is 0 Å². The zero-order valence-electron chi connectivity index (χ0n) is 13.4. The second-order valence-corrected chi connectivity index (χ2v) is 6.81. The fraction of sp³-hybridized carbons (Fsp3) is 0.250. The molecule has 0 amide bonds. The minimum absolute atomic E-state index is 0.112. The van der Waals surface area contributed by atoms with Crippen molar-refractivity contribution in [2.75, 3.05) is 0 Å². The Labute approximate surface area is 132 Å². The van der Waals surface area contributed by atoms with E-state index in [1.807, 2.05) is 18.3 Å². The van der Waals surface area contributed by atoms with E-state index in [-0.39, 0.29) is 11.5 Å². The van der Waals surface area contributed by atoms with E-state index in [4.69, 9.17) is 5.73 Å². The molecule has 22 heavy (non-hydrogen) atoms. The minimum Gasteiger partial charge on any atom is -0.320 e. The maximum absolute atomic E-state index is 6.45. The number of hydrogen-bond donors (Lipinski definition) is 1. The average molecular weight is 290 g/mol. The summed E-state index contributed by atoms with van der Waals surface area (Å²) in [5.41, 5.74) is 11.2. The Morgan fingerprint density at radius 2 is 1.59 bits per heavy atom. The van der Waals surface area contributed by atoms with Crippen LogP contribution in [0.1, 0.15) is 43.5 Å². The highest BCUT2D eigenvalue weighted by atomic mass is 14.7. The van der Waals surface area contributed by atoms with Gasteiger partial charge in [-0.1, -0.05) is 57.2 Å². The van der Waals surface area contributed by atoms with Crippen LogP contribution in [-0.4, -0.2) is 4.98 Å². The summed E-state index contributed by atoms with van der Waals surface area (Å²) in [6.07, 6.45) is 1.81. The van der Waals surface area contributed by atoms with Crippen molar-refractivity contribution in [1.82, 2.24) is 4.98 Å². The van der Waals surface area contributed by atoms with Crippen molar-refractivity contribution in [2.45, 2.75) is 32.2 Å². The second-order valence-electron chi connectivity index (χ2n) is 6.81. The third-order valence-corrected chi connectivity index (χ3v) is 4.12. The summed E-state index contributed by atoms with van der Waals surface area (Å²) < 4.78 is 0. The number of rotatable bonds is 2. The van der Waals surface area contributed by atoms with Gasteiger partial charge in [0.05, 0.1) is 11.6 Å². The topological polar surface area (TPSA) is 38.9 Å². The number of fused-ring (bicyclic) bond motifs is 1. The van der Waals surface area contributed by atoms with E-state index in [0.29, 0.717) is 0 Å². The molecule has 0 radical (unpaired) electrons.